The molecule has 9 aromatic rings. The van der Waals surface area contributed by atoms with Crippen molar-refractivity contribution in [2.45, 2.75) is 33.7 Å². The van der Waals surface area contributed by atoms with E-state index in [2.05, 4.69) is 217 Å². The van der Waals surface area contributed by atoms with Crippen LogP contribution in [0.5, 0.6) is 0 Å². The van der Waals surface area contributed by atoms with Crippen molar-refractivity contribution in [3.05, 3.63) is 275 Å². The lowest BCUT2D eigenvalue weighted by atomic mass is 9.67. The van der Waals surface area contributed by atoms with Gasteiger partial charge in [0.1, 0.15) is 6.17 Å². The zero-order valence-corrected chi connectivity index (χ0v) is 36.1. The van der Waals surface area contributed by atoms with E-state index >= 15 is 4.39 Å². The molecule has 9 aromatic carbocycles. The van der Waals surface area contributed by atoms with Gasteiger partial charge in [0.25, 0.3) is 0 Å². The molecule has 0 amide bonds. The molecule has 3 aliphatic carbocycles. The molecule has 13 rings (SSSR count). The van der Waals surface area contributed by atoms with Crippen molar-refractivity contribution in [3.8, 4) is 22.3 Å². The van der Waals surface area contributed by atoms with Gasteiger partial charge in [0.2, 0.25) is 0 Å². The minimum absolute atomic E-state index is 0.305. The monoisotopic (exact) mass is 839 g/mol. The number of benzene rings is 9. The topological polar surface area (TPSA) is 3.24 Å². The minimum atomic E-state index is -1.06. The van der Waals surface area contributed by atoms with Gasteiger partial charge >= 0.3 is 0 Å². The van der Waals surface area contributed by atoms with Crippen LogP contribution in [0.3, 0.4) is 0 Å². The van der Waals surface area contributed by atoms with Gasteiger partial charge in [-0.1, -0.05) is 195 Å². The minimum Gasteiger partial charge on any atom is -0.310 e. The third kappa shape index (κ3) is 5.07. The third-order valence-electron chi connectivity index (χ3n) is 14.4. The second-order valence-electron chi connectivity index (χ2n) is 17.6. The first kappa shape index (κ1) is 37.4. The molecule has 0 bridgehead atoms. The van der Waals surface area contributed by atoms with Gasteiger partial charge in [-0.25, -0.2) is 4.39 Å². The second kappa shape index (κ2) is 14.2. The van der Waals surface area contributed by atoms with Crippen LogP contribution in [0, 0.1) is 5.92 Å². The van der Waals surface area contributed by atoms with Crippen LogP contribution >= 0.6 is 11.8 Å². The highest BCUT2D eigenvalue weighted by atomic mass is 32.2. The summed E-state index contributed by atoms with van der Waals surface area (Å²) in [5.41, 5.74) is 17.0. The molecular formula is C61H42FNS. The molecule has 1 heterocycles. The molecule has 2 unspecified atom stereocenters. The van der Waals surface area contributed by atoms with Crippen LogP contribution in [0.4, 0.5) is 15.8 Å². The van der Waals surface area contributed by atoms with Crippen LogP contribution in [0.25, 0.3) is 33.0 Å². The van der Waals surface area contributed by atoms with Crippen molar-refractivity contribution in [2.75, 3.05) is 4.90 Å². The Morgan fingerprint density at radius 2 is 1.00 bits per heavy atom. The Balaban J connectivity index is 1.13. The van der Waals surface area contributed by atoms with E-state index in [9.17, 15) is 0 Å². The SMILES string of the molecule is CC1C=C(N(c2ccc3c(c2)C2(c4ccccc4Sc4ccccc42)c2ccccc2-3)c2cc(C3(c4ccccc4)c4ccccc4-c4ccccc43)cc3ccccc23)C=CC1F. The summed E-state index contributed by atoms with van der Waals surface area (Å²) in [6.07, 6.45) is 4.80. The molecule has 4 aliphatic rings. The maximum Gasteiger partial charge on any atom is 0.125 e. The smallest absolute Gasteiger partial charge is 0.125 e. The average molecular weight is 840 g/mol. The van der Waals surface area contributed by atoms with Crippen LogP contribution < -0.4 is 4.90 Å². The molecule has 0 radical (unpaired) electrons. The van der Waals surface area contributed by atoms with Gasteiger partial charge in [0, 0.05) is 32.5 Å². The fourth-order valence-corrected chi connectivity index (χ4v) is 12.9. The molecule has 2 atom stereocenters. The number of anilines is 2. The summed E-state index contributed by atoms with van der Waals surface area (Å²) in [7, 11) is 0. The largest absolute Gasteiger partial charge is 0.310 e. The van der Waals surface area contributed by atoms with Crippen LogP contribution in [0.15, 0.2) is 240 Å². The number of halogens is 1. The van der Waals surface area contributed by atoms with Gasteiger partial charge in [-0.2, -0.15) is 0 Å². The molecule has 0 fully saturated rings. The highest BCUT2D eigenvalue weighted by molar-refractivity contribution is 7.99. The van der Waals surface area contributed by atoms with Gasteiger partial charge in [-0.3, -0.25) is 0 Å². The molecule has 1 spiro atoms. The standard InChI is InChI=1S/C61H42FNS/c1-39-35-43(32-34-56(39)62)63(44-31-33-49-48-23-9-12-26-52(48)61(55(49)38-44)53-27-13-15-29-58(53)64-59-30-16-14-28-54(59)61)57-37-42(36-40-17-5-6-20-45(40)57)60(41-18-3-2-4-19-41)50-24-10-7-21-46(50)47-22-8-11-25-51(47)60/h2-39,56H,1H3. The first-order valence-corrected chi connectivity index (χ1v) is 23.1. The molecule has 0 N–H and O–H groups in total. The molecule has 1 nitrogen and oxygen atoms in total. The molecular weight excluding hydrogens is 798 g/mol. The Morgan fingerprint density at radius 3 is 1.64 bits per heavy atom. The normalized spacial score (nSPS) is 17.8. The molecule has 0 saturated carbocycles. The molecule has 3 heteroatoms. The molecule has 0 aromatic heterocycles. The van der Waals surface area contributed by atoms with Crippen molar-refractivity contribution in [2.24, 2.45) is 5.92 Å². The lowest BCUT2D eigenvalue weighted by Crippen LogP contribution is -2.32. The third-order valence-corrected chi connectivity index (χ3v) is 15.6. The lowest BCUT2D eigenvalue weighted by Gasteiger charge is -2.40. The Hall–Kier alpha value is -7.20. The van der Waals surface area contributed by atoms with Crippen LogP contribution in [-0.2, 0) is 10.8 Å². The van der Waals surface area contributed by atoms with Gasteiger partial charge in [-0.15, -0.1) is 0 Å². The predicted molar refractivity (Wildman–Crippen MR) is 263 cm³/mol. The molecule has 1 aliphatic heterocycles. The molecule has 304 valence electrons. The quantitative estimate of drug-likeness (QED) is 0.170. The van der Waals surface area contributed by atoms with Gasteiger partial charge in [0.05, 0.1) is 16.5 Å². The first-order chi connectivity index (χ1) is 31.6. The number of alkyl halides is 1. The molecule has 0 saturated heterocycles. The summed E-state index contributed by atoms with van der Waals surface area (Å²) in [6.45, 7) is 1.99. The van der Waals surface area contributed by atoms with Crippen molar-refractivity contribution >= 4 is 33.9 Å². The van der Waals surface area contributed by atoms with E-state index < -0.39 is 17.0 Å². The van der Waals surface area contributed by atoms with E-state index in [1.165, 1.54) is 76.6 Å². The number of allylic oxidation sites excluding steroid dienone is 3. The summed E-state index contributed by atoms with van der Waals surface area (Å²) >= 11 is 1.86. The maximum absolute atomic E-state index is 15.6. The van der Waals surface area contributed by atoms with E-state index in [0.29, 0.717) is 0 Å². The van der Waals surface area contributed by atoms with Crippen molar-refractivity contribution < 1.29 is 4.39 Å². The van der Waals surface area contributed by atoms with Crippen LogP contribution in [0.2, 0.25) is 0 Å². The Kier molecular flexibility index (Phi) is 8.26. The Bertz CT molecular complexity index is 3340. The highest BCUT2D eigenvalue weighted by Crippen LogP contribution is 2.63. The average Bonchev–Trinajstić information content (AvgIpc) is 3.81. The predicted octanol–water partition coefficient (Wildman–Crippen LogP) is 15.6. The number of hydrogen-bond acceptors (Lipinski definition) is 2. The number of nitrogens with zero attached hydrogens (tertiary/aromatic N) is 1. The van der Waals surface area contributed by atoms with E-state index in [-0.39, 0.29) is 5.92 Å². The summed E-state index contributed by atoms with van der Waals surface area (Å²) in [5, 5.41) is 2.27. The fourth-order valence-electron chi connectivity index (χ4n) is 11.7. The maximum atomic E-state index is 15.6. The fraction of sp³-hybridized carbons (Fsp3) is 0.0820. The zero-order chi connectivity index (χ0) is 42.6. The van der Waals surface area contributed by atoms with Crippen molar-refractivity contribution in [1.29, 1.82) is 0 Å². The number of rotatable bonds is 5. The van der Waals surface area contributed by atoms with E-state index in [1.54, 1.807) is 6.08 Å². The summed E-state index contributed by atoms with van der Waals surface area (Å²) in [6, 6.07) is 76.5. The number of fused-ring (bicyclic) bond motifs is 13. The van der Waals surface area contributed by atoms with Gasteiger partial charge in [-0.05, 0) is 121 Å². The second-order valence-corrected chi connectivity index (χ2v) is 18.7. The van der Waals surface area contributed by atoms with Crippen molar-refractivity contribution in [1.82, 2.24) is 0 Å². The van der Waals surface area contributed by atoms with E-state index in [4.69, 9.17) is 0 Å². The van der Waals surface area contributed by atoms with E-state index in [1.807, 2.05) is 24.8 Å². The lowest BCUT2D eigenvalue weighted by molar-refractivity contribution is 0.332. The van der Waals surface area contributed by atoms with Crippen LogP contribution in [-0.4, -0.2) is 6.17 Å². The van der Waals surface area contributed by atoms with Gasteiger partial charge in [0.15, 0.2) is 0 Å². The van der Waals surface area contributed by atoms with Crippen molar-refractivity contribution in [3.63, 3.8) is 0 Å². The highest BCUT2D eigenvalue weighted by Gasteiger charge is 2.51. The zero-order valence-electron chi connectivity index (χ0n) is 35.3. The molecule has 64 heavy (non-hydrogen) atoms. The Labute approximate surface area is 377 Å². The first-order valence-electron chi connectivity index (χ1n) is 22.3. The van der Waals surface area contributed by atoms with Crippen LogP contribution in [0.1, 0.15) is 51.4 Å². The summed E-state index contributed by atoms with van der Waals surface area (Å²) in [5.74, 6) is -0.305. The summed E-state index contributed by atoms with van der Waals surface area (Å²) in [4.78, 5) is 4.96. The summed E-state index contributed by atoms with van der Waals surface area (Å²) < 4.78 is 15.6. The van der Waals surface area contributed by atoms with E-state index in [0.717, 1.165) is 27.8 Å². The Morgan fingerprint density at radius 1 is 0.469 bits per heavy atom. The number of hydrogen-bond donors (Lipinski definition) is 0. The van der Waals surface area contributed by atoms with Gasteiger partial charge < -0.3 is 4.90 Å².